The van der Waals surface area contributed by atoms with E-state index in [1.807, 2.05) is 0 Å². The molecular formula is C13H14N2O5. The first-order valence-corrected chi connectivity index (χ1v) is 6.27. The number of carbonyl (C=O) groups excluding carboxylic acids is 4. The second-order valence-corrected chi connectivity index (χ2v) is 4.52. The van der Waals surface area contributed by atoms with E-state index in [2.05, 4.69) is 0 Å². The Morgan fingerprint density at radius 2 is 1.35 bits per heavy atom. The van der Waals surface area contributed by atoms with Crippen LogP contribution in [0.15, 0.2) is 24.3 Å². The fraction of sp³-hybridized carbons (Fsp3) is 0.385. The fourth-order valence-electron chi connectivity index (χ4n) is 2.08. The van der Waals surface area contributed by atoms with E-state index in [0.717, 1.165) is 22.0 Å². The molecule has 0 bridgehead atoms. The number of rotatable bonds is 6. The van der Waals surface area contributed by atoms with Gasteiger partial charge >= 0.3 is 0 Å². The smallest absolute Gasteiger partial charge is 0.255 e. The predicted molar refractivity (Wildman–Crippen MR) is 66.7 cm³/mol. The summed E-state index contributed by atoms with van der Waals surface area (Å²) in [6.07, 6.45) is 4.66. The minimum atomic E-state index is -1.17. The molecule has 4 amide bonds. The molecule has 0 radical (unpaired) electrons. The monoisotopic (exact) mass is 278 g/mol. The van der Waals surface area contributed by atoms with Gasteiger partial charge in [-0.25, -0.2) is 4.90 Å². The van der Waals surface area contributed by atoms with Crippen molar-refractivity contribution in [1.82, 2.24) is 9.80 Å². The van der Waals surface area contributed by atoms with Gasteiger partial charge in [-0.15, -0.1) is 0 Å². The quantitative estimate of drug-likeness (QED) is 0.513. The van der Waals surface area contributed by atoms with Gasteiger partial charge in [0.25, 0.3) is 23.6 Å². The van der Waals surface area contributed by atoms with Gasteiger partial charge in [0.15, 0.2) is 0 Å². The number of carbonyl (C=O) groups is 4. The number of hydrogen-bond donors (Lipinski definition) is 1. The first-order valence-electron chi connectivity index (χ1n) is 6.27. The van der Waals surface area contributed by atoms with Crippen molar-refractivity contribution >= 4 is 23.6 Å². The zero-order valence-corrected chi connectivity index (χ0v) is 10.7. The molecule has 1 unspecified atom stereocenters. The lowest BCUT2D eigenvalue weighted by molar-refractivity contribution is -0.148. The van der Waals surface area contributed by atoms with Crippen LogP contribution in [-0.2, 0) is 19.2 Å². The van der Waals surface area contributed by atoms with Crippen LogP contribution in [0.3, 0.4) is 0 Å². The van der Waals surface area contributed by atoms with Gasteiger partial charge in [0, 0.05) is 30.8 Å². The molecule has 0 fully saturated rings. The molecule has 0 aromatic heterocycles. The Kier molecular flexibility index (Phi) is 4.09. The highest BCUT2D eigenvalue weighted by Crippen LogP contribution is 2.13. The van der Waals surface area contributed by atoms with Crippen LogP contribution in [0.1, 0.15) is 19.3 Å². The van der Waals surface area contributed by atoms with E-state index >= 15 is 0 Å². The SMILES string of the molecule is O=C1C=CC(=O)N1CCCCC(O)N1C(=O)C=CC1=O. The topological polar surface area (TPSA) is 95.0 Å². The molecule has 0 aliphatic carbocycles. The predicted octanol–water partition coefficient (Wildman–Crippen LogP) is -0.675. The highest BCUT2D eigenvalue weighted by molar-refractivity contribution is 6.13. The van der Waals surface area contributed by atoms with Crippen LogP contribution in [0, 0.1) is 0 Å². The van der Waals surface area contributed by atoms with Crippen molar-refractivity contribution in [1.29, 1.82) is 0 Å². The summed E-state index contributed by atoms with van der Waals surface area (Å²) in [7, 11) is 0. The molecule has 0 spiro atoms. The standard InChI is InChI=1S/C13H14N2O5/c16-9-4-5-10(17)14(9)8-2-1-3-11(18)15-12(19)6-7-13(15)20/h4-7,11,18H,1-3,8H2. The second-order valence-electron chi connectivity index (χ2n) is 4.52. The molecule has 1 atom stereocenters. The summed E-state index contributed by atoms with van der Waals surface area (Å²) in [6.45, 7) is 0.261. The molecule has 2 aliphatic heterocycles. The zero-order chi connectivity index (χ0) is 14.7. The summed E-state index contributed by atoms with van der Waals surface area (Å²) in [6, 6.07) is 0. The molecule has 2 heterocycles. The second kappa shape index (κ2) is 5.79. The zero-order valence-electron chi connectivity index (χ0n) is 10.7. The Balaban J connectivity index is 1.71. The van der Waals surface area contributed by atoms with Crippen molar-refractivity contribution in [2.75, 3.05) is 6.54 Å². The van der Waals surface area contributed by atoms with Gasteiger partial charge in [-0.05, 0) is 19.3 Å². The maximum atomic E-state index is 11.3. The van der Waals surface area contributed by atoms with E-state index in [-0.39, 0.29) is 24.8 Å². The number of hydrogen-bond acceptors (Lipinski definition) is 5. The average Bonchev–Trinajstić information content (AvgIpc) is 2.90. The number of amides is 4. The summed E-state index contributed by atoms with van der Waals surface area (Å²) in [5, 5.41) is 9.77. The Hall–Kier alpha value is -2.28. The van der Waals surface area contributed by atoms with Crippen LogP contribution in [0.25, 0.3) is 0 Å². The number of imide groups is 2. The molecule has 0 aromatic rings. The van der Waals surface area contributed by atoms with Gasteiger partial charge in [0.2, 0.25) is 0 Å². The normalized spacial score (nSPS) is 19.6. The van der Waals surface area contributed by atoms with E-state index in [0.29, 0.717) is 12.8 Å². The van der Waals surface area contributed by atoms with E-state index in [1.54, 1.807) is 0 Å². The van der Waals surface area contributed by atoms with Crippen LogP contribution >= 0.6 is 0 Å². The van der Waals surface area contributed by atoms with Gasteiger partial charge in [-0.3, -0.25) is 24.1 Å². The van der Waals surface area contributed by atoms with E-state index < -0.39 is 18.0 Å². The maximum absolute atomic E-state index is 11.3. The van der Waals surface area contributed by atoms with Crippen LogP contribution in [-0.4, -0.2) is 51.3 Å². The number of unbranched alkanes of at least 4 members (excludes halogenated alkanes) is 1. The number of nitrogens with zero attached hydrogens (tertiary/aromatic N) is 2. The summed E-state index contributed by atoms with van der Waals surface area (Å²) in [5.74, 6) is -1.75. The average molecular weight is 278 g/mol. The third kappa shape index (κ3) is 2.83. The highest BCUT2D eigenvalue weighted by Gasteiger charge is 2.29. The molecular weight excluding hydrogens is 264 g/mol. The Bertz CT molecular complexity index is 487. The Labute approximate surface area is 115 Å². The lowest BCUT2D eigenvalue weighted by Gasteiger charge is -2.21. The van der Waals surface area contributed by atoms with Crippen molar-refractivity contribution < 1.29 is 24.3 Å². The number of aliphatic hydroxyl groups is 1. The molecule has 0 saturated heterocycles. The molecule has 2 rings (SSSR count). The molecule has 0 saturated carbocycles. The van der Waals surface area contributed by atoms with Gasteiger partial charge in [-0.1, -0.05) is 0 Å². The molecule has 106 valence electrons. The van der Waals surface area contributed by atoms with Crippen LogP contribution in [0.5, 0.6) is 0 Å². The molecule has 2 aliphatic rings. The maximum Gasteiger partial charge on any atom is 0.255 e. The van der Waals surface area contributed by atoms with Gasteiger partial charge in [0.1, 0.15) is 6.23 Å². The third-order valence-corrected chi connectivity index (χ3v) is 3.14. The van der Waals surface area contributed by atoms with Crippen LogP contribution < -0.4 is 0 Å². The molecule has 20 heavy (non-hydrogen) atoms. The van der Waals surface area contributed by atoms with Crippen LogP contribution in [0.4, 0.5) is 0 Å². The van der Waals surface area contributed by atoms with Crippen molar-refractivity contribution in [3.8, 4) is 0 Å². The van der Waals surface area contributed by atoms with Gasteiger partial charge < -0.3 is 5.11 Å². The number of aliphatic hydroxyl groups excluding tert-OH is 1. The Morgan fingerprint density at radius 3 is 1.90 bits per heavy atom. The van der Waals surface area contributed by atoms with Gasteiger partial charge in [-0.2, -0.15) is 0 Å². The summed E-state index contributed by atoms with van der Waals surface area (Å²) < 4.78 is 0. The van der Waals surface area contributed by atoms with Gasteiger partial charge in [0.05, 0.1) is 0 Å². The van der Waals surface area contributed by atoms with E-state index in [9.17, 15) is 24.3 Å². The lowest BCUT2D eigenvalue weighted by atomic mass is 10.2. The summed E-state index contributed by atoms with van der Waals surface area (Å²) >= 11 is 0. The molecule has 7 nitrogen and oxygen atoms in total. The molecule has 7 heteroatoms. The summed E-state index contributed by atoms with van der Waals surface area (Å²) in [4.78, 5) is 47.1. The fourth-order valence-corrected chi connectivity index (χ4v) is 2.08. The third-order valence-electron chi connectivity index (χ3n) is 3.14. The van der Waals surface area contributed by atoms with E-state index in [1.165, 1.54) is 12.2 Å². The van der Waals surface area contributed by atoms with Crippen LogP contribution in [0.2, 0.25) is 0 Å². The largest absolute Gasteiger partial charge is 0.373 e. The van der Waals surface area contributed by atoms with Crippen molar-refractivity contribution in [2.45, 2.75) is 25.5 Å². The van der Waals surface area contributed by atoms with Crippen molar-refractivity contribution in [3.63, 3.8) is 0 Å². The summed E-state index contributed by atoms with van der Waals surface area (Å²) in [5.41, 5.74) is 0. The van der Waals surface area contributed by atoms with Crippen molar-refractivity contribution in [3.05, 3.63) is 24.3 Å². The minimum Gasteiger partial charge on any atom is -0.373 e. The first kappa shape index (κ1) is 14.1. The lowest BCUT2D eigenvalue weighted by Crippen LogP contribution is -2.40. The van der Waals surface area contributed by atoms with Crippen molar-refractivity contribution in [2.24, 2.45) is 0 Å². The molecule has 0 aromatic carbocycles. The minimum absolute atomic E-state index is 0.211. The first-order chi connectivity index (χ1) is 9.50. The molecule has 1 N–H and O–H groups in total. The van der Waals surface area contributed by atoms with E-state index in [4.69, 9.17) is 0 Å². The highest BCUT2D eigenvalue weighted by atomic mass is 16.3. The Morgan fingerprint density at radius 1 is 0.850 bits per heavy atom.